The summed E-state index contributed by atoms with van der Waals surface area (Å²) in [5, 5.41) is 7.64. The van der Waals surface area contributed by atoms with Crippen LogP contribution in [0.5, 0.6) is 0 Å². The van der Waals surface area contributed by atoms with E-state index in [2.05, 4.69) is 0 Å². The molecule has 0 atom stereocenters. The van der Waals surface area contributed by atoms with E-state index in [9.17, 15) is 9.59 Å². The van der Waals surface area contributed by atoms with Crippen LogP contribution in [0.2, 0.25) is 0 Å². The second-order valence-electron chi connectivity index (χ2n) is 1.64. The van der Waals surface area contributed by atoms with E-state index in [-0.39, 0.29) is 0 Å². The lowest BCUT2D eigenvalue weighted by molar-refractivity contribution is -0.148. The van der Waals surface area contributed by atoms with Crippen molar-refractivity contribution in [3.05, 3.63) is 0 Å². The molecular weight excluding hydrogens is 148 g/mol. The number of rotatable bonds is 3. The number of carbonyl (C=O) groups is 2. The van der Waals surface area contributed by atoms with Crippen molar-refractivity contribution in [2.75, 3.05) is 13.2 Å². The molecule has 0 fully saturated rings. The van der Waals surface area contributed by atoms with Crippen molar-refractivity contribution in [3.8, 4) is 0 Å². The molecule has 0 aromatic carbocycles. The van der Waals surface area contributed by atoms with Gasteiger partial charge in [0, 0.05) is 20.1 Å². The number of ketones is 1. The average Bonchev–Trinajstić information content (AvgIpc) is 1.90. The van der Waals surface area contributed by atoms with Crippen molar-refractivity contribution in [1.29, 1.82) is 0 Å². The molecule has 66 valence electrons. The summed E-state index contributed by atoms with van der Waals surface area (Å²) in [6, 6.07) is 0. The molecule has 0 rings (SSSR count). The smallest absolute Gasteiger partial charge is 0.371 e. The molecule has 0 aliphatic carbocycles. The Balaban J connectivity index is 0. The minimum Gasteiger partial charge on any atom is -0.476 e. The van der Waals surface area contributed by atoms with Crippen LogP contribution >= 0.6 is 0 Å². The van der Waals surface area contributed by atoms with Crippen LogP contribution in [0.1, 0.15) is 20.8 Å². The summed E-state index contributed by atoms with van der Waals surface area (Å²) in [6.45, 7) is 6.67. The number of carboxylic acid groups (broad SMARTS) is 1. The first-order chi connectivity index (χ1) is 5.06. The molecule has 0 aromatic heterocycles. The predicted octanol–water partition coefficient (Wildman–Crippen LogP) is 0.703. The summed E-state index contributed by atoms with van der Waals surface area (Å²) in [6.07, 6.45) is 0. The average molecular weight is 162 g/mol. The van der Waals surface area contributed by atoms with Gasteiger partial charge in [0.2, 0.25) is 5.78 Å². The molecule has 0 amide bonds. The Bertz CT molecular complexity index is 106. The normalized spacial score (nSPS) is 7.91. The van der Waals surface area contributed by atoms with Crippen LogP contribution in [0.3, 0.4) is 0 Å². The molecule has 0 radical (unpaired) electrons. The summed E-state index contributed by atoms with van der Waals surface area (Å²) in [5.41, 5.74) is 0. The highest BCUT2D eigenvalue weighted by Gasteiger charge is 1.98. The van der Waals surface area contributed by atoms with Crippen LogP contribution in [-0.4, -0.2) is 30.1 Å². The topological polar surface area (TPSA) is 63.6 Å². The van der Waals surface area contributed by atoms with Gasteiger partial charge in [-0.05, 0) is 13.8 Å². The van der Waals surface area contributed by atoms with Gasteiger partial charge in [0.15, 0.2) is 0 Å². The van der Waals surface area contributed by atoms with Crippen molar-refractivity contribution in [2.24, 2.45) is 0 Å². The molecule has 0 spiro atoms. The van der Waals surface area contributed by atoms with E-state index in [1.165, 1.54) is 0 Å². The van der Waals surface area contributed by atoms with Crippen LogP contribution < -0.4 is 0 Å². The zero-order chi connectivity index (χ0) is 9.28. The molecule has 0 bridgehead atoms. The Morgan fingerprint density at radius 1 is 1.27 bits per heavy atom. The Morgan fingerprint density at radius 2 is 1.55 bits per heavy atom. The number of carboxylic acids is 1. The van der Waals surface area contributed by atoms with Gasteiger partial charge in [0.1, 0.15) is 0 Å². The molecule has 0 aliphatic heterocycles. The highest BCUT2D eigenvalue weighted by molar-refractivity contribution is 6.31. The highest BCUT2D eigenvalue weighted by atomic mass is 16.5. The summed E-state index contributed by atoms with van der Waals surface area (Å²) in [5.74, 6) is -2.20. The van der Waals surface area contributed by atoms with Gasteiger partial charge in [-0.25, -0.2) is 4.79 Å². The summed E-state index contributed by atoms with van der Waals surface area (Å²) in [4.78, 5) is 18.9. The lowest BCUT2D eigenvalue weighted by Crippen LogP contribution is -2.05. The van der Waals surface area contributed by atoms with Crippen molar-refractivity contribution < 1.29 is 19.4 Å². The van der Waals surface area contributed by atoms with E-state index >= 15 is 0 Å². The maximum absolute atomic E-state index is 9.54. The van der Waals surface area contributed by atoms with Gasteiger partial charge in [0.05, 0.1) is 0 Å². The molecule has 1 N–H and O–H groups in total. The maximum atomic E-state index is 9.54. The van der Waals surface area contributed by atoms with Crippen LogP contribution in [-0.2, 0) is 14.3 Å². The van der Waals surface area contributed by atoms with Crippen LogP contribution in [0, 0.1) is 0 Å². The number of ether oxygens (including phenoxy) is 1. The molecule has 0 saturated carbocycles. The molecule has 0 aliphatic rings. The Labute approximate surface area is 66.2 Å². The minimum absolute atomic E-state index is 0.824. The zero-order valence-electron chi connectivity index (χ0n) is 7.09. The van der Waals surface area contributed by atoms with Crippen LogP contribution in [0.4, 0.5) is 0 Å². The van der Waals surface area contributed by atoms with Crippen LogP contribution in [0.15, 0.2) is 0 Å². The SMILES string of the molecule is CC(=O)C(=O)O.CCOCC. The Morgan fingerprint density at radius 3 is 1.55 bits per heavy atom. The Kier molecular flexibility index (Phi) is 10.5. The number of hydrogen-bond acceptors (Lipinski definition) is 3. The third kappa shape index (κ3) is 17.6. The molecule has 0 saturated heterocycles. The molecule has 4 heteroatoms. The first-order valence-corrected chi connectivity index (χ1v) is 3.37. The number of aliphatic carboxylic acids is 1. The van der Waals surface area contributed by atoms with Gasteiger partial charge in [0.25, 0.3) is 0 Å². The summed E-state index contributed by atoms with van der Waals surface area (Å²) < 4.78 is 4.83. The van der Waals surface area contributed by atoms with E-state index < -0.39 is 11.8 Å². The van der Waals surface area contributed by atoms with E-state index in [1.807, 2.05) is 13.8 Å². The molecular formula is C7H14O4. The van der Waals surface area contributed by atoms with Gasteiger partial charge in [-0.3, -0.25) is 4.79 Å². The molecule has 0 heterocycles. The van der Waals surface area contributed by atoms with E-state index in [1.54, 1.807) is 0 Å². The fourth-order valence-electron chi connectivity index (χ4n) is 0.204. The highest BCUT2D eigenvalue weighted by Crippen LogP contribution is 1.64. The summed E-state index contributed by atoms with van der Waals surface area (Å²) in [7, 11) is 0. The second-order valence-corrected chi connectivity index (χ2v) is 1.64. The molecule has 0 unspecified atom stereocenters. The maximum Gasteiger partial charge on any atom is 0.371 e. The third-order valence-electron chi connectivity index (χ3n) is 0.709. The minimum atomic E-state index is -1.38. The third-order valence-corrected chi connectivity index (χ3v) is 0.709. The fraction of sp³-hybridized carbons (Fsp3) is 0.714. The van der Waals surface area contributed by atoms with Crippen molar-refractivity contribution >= 4 is 11.8 Å². The monoisotopic (exact) mass is 162 g/mol. The van der Waals surface area contributed by atoms with Gasteiger partial charge < -0.3 is 9.84 Å². The largest absolute Gasteiger partial charge is 0.476 e. The van der Waals surface area contributed by atoms with Gasteiger partial charge in [-0.2, -0.15) is 0 Å². The first kappa shape index (κ1) is 12.7. The number of hydrogen-bond donors (Lipinski definition) is 1. The van der Waals surface area contributed by atoms with Crippen LogP contribution in [0.25, 0.3) is 0 Å². The standard InChI is InChI=1S/C4H10O.C3H4O3/c1-3-5-4-2;1-2(4)3(5)6/h3-4H2,1-2H3;1H3,(H,5,6). The zero-order valence-corrected chi connectivity index (χ0v) is 7.09. The lowest BCUT2D eigenvalue weighted by atomic mass is 10.5. The van der Waals surface area contributed by atoms with Gasteiger partial charge >= 0.3 is 5.97 Å². The van der Waals surface area contributed by atoms with Crippen molar-refractivity contribution in [3.63, 3.8) is 0 Å². The van der Waals surface area contributed by atoms with E-state index in [0.29, 0.717) is 0 Å². The lowest BCUT2D eigenvalue weighted by Gasteiger charge is -1.86. The molecule has 11 heavy (non-hydrogen) atoms. The number of Topliss-reactive ketones (excluding diaryl/α,β-unsaturated/α-hetero) is 1. The first-order valence-electron chi connectivity index (χ1n) is 3.37. The second kappa shape index (κ2) is 9.10. The Hall–Kier alpha value is -0.900. The van der Waals surface area contributed by atoms with E-state index in [4.69, 9.17) is 9.84 Å². The quantitative estimate of drug-likeness (QED) is 0.620. The fourth-order valence-corrected chi connectivity index (χ4v) is 0.204. The predicted molar refractivity (Wildman–Crippen MR) is 40.5 cm³/mol. The van der Waals surface area contributed by atoms with Gasteiger partial charge in [-0.1, -0.05) is 0 Å². The number of carbonyl (C=O) groups excluding carboxylic acids is 1. The van der Waals surface area contributed by atoms with E-state index in [0.717, 1.165) is 20.1 Å². The van der Waals surface area contributed by atoms with Crippen molar-refractivity contribution in [1.82, 2.24) is 0 Å². The molecule has 0 aromatic rings. The van der Waals surface area contributed by atoms with Gasteiger partial charge in [-0.15, -0.1) is 0 Å². The molecule has 4 nitrogen and oxygen atoms in total. The summed E-state index contributed by atoms with van der Waals surface area (Å²) >= 11 is 0. The van der Waals surface area contributed by atoms with Crippen molar-refractivity contribution in [2.45, 2.75) is 20.8 Å².